The number of esters is 1. The molecule has 0 aliphatic heterocycles. The van der Waals surface area contributed by atoms with Gasteiger partial charge in [-0.15, -0.1) is 0 Å². The van der Waals surface area contributed by atoms with Crippen molar-refractivity contribution < 1.29 is 23.1 Å². The zero-order chi connectivity index (χ0) is 15.2. The van der Waals surface area contributed by atoms with E-state index in [9.17, 15) is 19.1 Å². The zero-order valence-corrected chi connectivity index (χ0v) is 11.4. The van der Waals surface area contributed by atoms with Gasteiger partial charge >= 0.3 is 22.9 Å². The molecule has 0 fully saturated rings. The molecule has 0 amide bonds. The molecule has 21 heavy (non-hydrogen) atoms. The summed E-state index contributed by atoms with van der Waals surface area (Å²) in [6.45, 7) is 0. The largest absolute Gasteiger partial charge is 0.471 e. The Morgan fingerprint density at radius 3 is 2.57 bits per heavy atom. The highest BCUT2D eigenvalue weighted by molar-refractivity contribution is 7.65. The second kappa shape index (κ2) is 6.71. The number of rotatable bonds is 6. The Labute approximate surface area is 123 Å². The normalized spacial score (nSPS) is 11.6. The van der Waals surface area contributed by atoms with Crippen molar-refractivity contribution in [2.75, 3.05) is 0 Å². The van der Waals surface area contributed by atoms with Crippen LogP contribution in [0.5, 0.6) is 5.75 Å². The fourth-order valence-electron chi connectivity index (χ4n) is 1.62. The summed E-state index contributed by atoms with van der Waals surface area (Å²) in [4.78, 5) is 21.7. The smallest absolute Gasteiger partial charge is 0.463 e. The average molecular weight is 308 g/mol. The van der Waals surface area contributed by atoms with Crippen LogP contribution in [-0.2, 0) is 20.7 Å². The molecule has 1 atom stereocenters. The highest BCUT2D eigenvalue weighted by Gasteiger charge is 2.31. The number of benzene rings is 1. The van der Waals surface area contributed by atoms with Crippen LogP contribution in [0.4, 0.5) is 5.69 Å². The molecule has 0 radical (unpaired) electrons. The Hall–Kier alpha value is -2.61. The Morgan fingerprint density at radius 1 is 1.33 bits per heavy atom. The van der Waals surface area contributed by atoms with Crippen LogP contribution in [0.3, 0.4) is 0 Å². The number of nitro groups is 1. The molecule has 0 aliphatic rings. The Kier molecular flexibility index (Phi) is 4.72. The SMILES string of the molecule is O=[S+]C(CC(=O)Oc1ccc([N+](=O)[O-])cc1)c1ccco1. The second-order valence-corrected chi connectivity index (χ2v) is 4.79. The van der Waals surface area contributed by atoms with Gasteiger partial charge in [-0.3, -0.25) is 14.9 Å². The van der Waals surface area contributed by atoms with Crippen molar-refractivity contribution in [3.05, 3.63) is 58.5 Å². The van der Waals surface area contributed by atoms with Gasteiger partial charge < -0.3 is 9.15 Å². The van der Waals surface area contributed by atoms with Crippen LogP contribution < -0.4 is 4.74 Å². The van der Waals surface area contributed by atoms with Crippen LogP contribution in [0.15, 0.2) is 47.1 Å². The van der Waals surface area contributed by atoms with Crippen LogP contribution in [0.1, 0.15) is 17.4 Å². The minimum absolute atomic E-state index is 0.0987. The van der Waals surface area contributed by atoms with Gasteiger partial charge in [0.15, 0.2) is 5.76 Å². The maximum atomic E-state index is 11.7. The summed E-state index contributed by atoms with van der Waals surface area (Å²) in [5.41, 5.74) is -0.0987. The zero-order valence-electron chi connectivity index (χ0n) is 10.6. The predicted molar refractivity (Wildman–Crippen MR) is 72.8 cm³/mol. The standard InChI is InChI=1S/C13H10NO6S/c15-13(8-12(21-18)11-2-1-7-19-11)20-10-5-3-9(4-6-10)14(16)17/h1-7,12H,8H2/q+1. The Balaban J connectivity index is 1.97. The summed E-state index contributed by atoms with van der Waals surface area (Å²) in [7, 11) is 0. The Bertz CT molecular complexity index is 637. The van der Waals surface area contributed by atoms with E-state index in [0.29, 0.717) is 5.76 Å². The molecule has 1 aromatic carbocycles. The quantitative estimate of drug-likeness (QED) is 0.267. The lowest BCUT2D eigenvalue weighted by Crippen LogP contribution is -2.12. The van der Waals surface area contributed by atoms with Gasteiger partial charge in [-0.25, -0.2) is 0 Å². The first-order chi connectivity index (χ1) is 10.1. The van der Waals surface area contributed by atoms with Crippen molar-refractivity contribution in [2.24, 2.45) is 0 Å². The second-order valence-electron chi connectivity index (χ2n) is 4.03. The first-order valence-electron chi connectivity index (χ1n) is 5.87. The fraction of sp³-hybridized carbons (Fsp3) is 0.154. The van der Waals surface area contributed by atoms with Crippen LogP contribution in [-0.4, -0.2) is 10.9 Å². The first kappa shape index (κ1) is 14.8. The first-order valence-corrected chi connectivity index (χ1v) is 6.68. The number of non-ortho nitro benzene ring substituents is 1. The molecule has 2 aromatic rings. The summed E-state index contributed by atoms with van der Waals surface area (Å²) >= 11 is 0.239. The van der Waals surface area contributed by atoms with Gasteiger partial charge in [0, 0.05) is 16.3 Å². The lowest BCUT2D eigenvalue weighted by molar-refractivity contribution is -0.384. The molecule has 0 spiro atoms. The number of hydrogen-bond donors (Lipinski definition) is 0. The molecule has 8 heteroatoms. The van der Waals surface area contributed by atoms with E-state index in [1.165, 1.54) is 30.5 Å². The monoisotopic (exact) mass is 308 g/mol. The van der Waals surface area contributed by atoms with E-state index in [1.807, 2.05) is 0 Å². The molecule has 1 unspecified atom stereocenters. The van der Waals surface area contributed by atoms with Gasteiger partial charge in [0.1, 0.15) is 12.2 Å². The molecule has 108 valence electrons. The average Bonchev–Trinajstić information content (AvgIpc) is 2.99. The molecule has 0 bridgehead atoms. The van der Waals surface area contributed by atoms with Gasteiger partial charge in [-0.1, -0.05) is 0 Å². The third-order valence-electron chi connectivity index (χ3n) is 2.61. The highest BCUT2D eigenvalue weighted by atomic mass is 32.1. The van der Waals surface area contributed by atoms with Gasteiger partial charge in [-0.2, -0.15) is 0 Å². The minimum Gasteiger partial charge on any atom is -0.463 e. The van der Waals surface area contributed by atoms with E-state index in [4.69, 9.17) is 9.15 Å². The van der Waals surface area contributed by atoms with Crippen molar-refractivity contribution in [1.29, 1.82) is 0 Å². The molecular weight excluding hydrogens is 298 g/mol. The van der Waals surface area contributed by atoms with E-state index < -0.39 is 16.1 Å². The summed E-state index contributed by atoms with van der Waals surface area (Å²) in [6, 6.07) is 8.34. The molecular formula is C13H10NO6S+. The van der Waals surface area contributed by atoms with E-state index in [-0.39, 0.29) is 29.5 Å². The van der Waals surface area contributed by atoms with Crippen molar-refractivity contribution in [2.45, 2.75) is 11.7 Å². The molecule has 7 nitrogen and oxygen atoms in total. The summed E-state index contributed by atoms with van der Waals surface area (Å²) < 4.78 is 21.1. The lowest BCUT2D eigenvalue weighted by Gasteiger charge is -2.03. The third kappa shape index (κ3) is 3.93. The lowest BCUT2D eigenvalue weighted by atomic mass is 10.2. The number of hydrogen-bond acceptors (Lipinski definition) is 6. The number of nitrogens with zero attached hydrogens (tertiary/aromatic N) is 1. The van der Waals surface area contributed by atoms with Crippen molar-refractivity contribution in [1.82, 2.24) is 0 Å². The van der Waals surface area contributed by atoms with Crippen molar-refractivity contribution in [3.63, 3.8) is 0 Å². The van der Waals surface area contributed by atoms with Crippen LogP contribution in [0, 0.1) is 10.1 Å². The number of furan rings is 1. The molecule has 0 saturated heterocycles. The van der Waals surface area contributed by atoms with E-state index in [1.54, 1.807) is 12.1 Å². The summed E-state index contributed by atoms with van der Waals surface area (Å²) in [5.74, 6) is -0.0380. The van der Waals surface area contributed by atoms with E-state index in [0.717, 1.165) is 0 Å². The maximum absolute atomic E-state index is 11.7. The van der Waals surface area contributed by atoms with Gasteiger partial charge in [0.2, 0.25) is 0 Å². The van der Waals surface area contributed by atoms with Crippen LogP contribution in [0.2, 0.25) is 0 Å². The van der Waals surface area contributed by atoms with Gasteiger partial charge in [0.05, 0.1) is 11.2 Å². The number of ether oxygens (including phenoxy) is 1. The molecule has 0 aliphatic carbocycles. The Morgan fingerprint density at radius 2 is 2.05 bits per heavy atom. The summed E-state index contributed by atoms with van der Waals surface area (Å²) in [6.07, 6.45) is 1.26. The predicted octanol–water partition coefficient (Wildman–Crippen LogP) is 2.65. The number of nitro benzene ring substituents is 1. The molecule has 1 heterocycles. The van der Waals surface area contributed by atoms with Crippen molar-refractivity contribution >= 4 is 23.3 Å². The maximum Gasteiger partial charge on any atom is 0.471 e. The minimum atomic E-state index is -0.675. The third-order valence-corrected chi connectivity index (χ3v) is 3.24. The van der Waals surface area contributed by atoms with Crippen LogP contribution in [0.25, 0.3) is 0 Å². The molecule has 1 aromatic heterocycles. The van der Waals surface area contributed by atoms with Gasteiger partial charge in [-0.05, 0) is 24.3 Å². The van der Waals surface area contributed by atoms with E-state index >= 15 is 0 Å². The molecule has 2 rings (SSSR count). The topological polar surface area (TPSA) is 99.7 Å². The van der Waals surface area contributed by atoms with Crippen molar-refractivity contribution in [3.8, 4) is 5.75 Å². The molecule has 0 saturated carbocycles. The number of carbonyl (C=O) groups is 1. The van der Waals surface area contributed by atoms with Gasteiger partial charge in [0.25, 0.3) is 5.69 Å². The number of carbonyl (C=O) groups excluding carboxylic acids is 1. The fourth-order valence-corrected chi connectivity index (χ4v) is 2.05. The summed E-state index contributed by atoms with van der Waals surface area (Å²) in [5, 5.41) is 9.82. The highest BCUT2D eigenvalue weighted by Crippen LogP contribution is 2.22. The molecule has 0 N–H and O–H groups in total. The van der Waals surface area contributed by atoms with Crippen LogP contribution >= 0.6 is 0 Å². The van der Waals surface area contributed by atoms with E-state index in [2.05, 4.69) is 0 Å².